The van der Waals surface area contributed by atoms with Crippen LogP contribution in [0.2, 0.25) is 0 Å². The van der Waals surface area contributed by atoms with Crippen molar-refractivity contribution in [1.29, 1.82) is 0 Å². The van der Waals surface area contributed by atoms with E-state index in [1.807, 2.05) is 0 Å². The highest BCUT2D eigenvalue weighted by molar-refractivity contribution is 9.10. The molecule has 6 nitrogen and oxygen atoms in total. The molecule has 1 aliphatic heterocycles. The van der Waals surface area contributed by atoms with Gasteiger partial charge in [0.1, 0.15) is 17.3 Å². The molecule has 18 heavy (non-hydrogen) atoms. The maximum Gasteiger partial charge on any atom is 0.257 e. The number of hydrazine groups is 1. The largest absolute Gasteiger partial charge is 0.450 e. The van der Waals surface area contributed by atoms with Crippen LogP contribution in [-0.2, 0) is 16.6 Å². The second-order valence-electron chi connectivity index (χ2n) is 4.15. The van der Waals surface area contributed by atoms with Gasteiger partial charge in [-0.1, -0.05) is 6.42 Å². The van der Waals surface area contributed by atoms with Crippen LogP contribution in [0.4, 0.5) is 0 Å². The van der Waals surface area contributed by atoms with Gasteiger partial charge in [-0.05, 0) is 28.8 Å². The van der Waals surface area contributed by atoms with Gasteiger partial charge in [-0.2, -0.15) is 0 Å². The Morgan fingerprint density at radius 2 is 2.06 bits per heavy atom. The van der Waals surface area contributed by atoms with E-state index < -0.39 is 10.0 Å². The summed E-state index contributed by atoms with van der Waals surface area (Å²) in [5, 5.41) is 10.6. The van der Waals surface area contributed by atoms with Crippen LogP contribution in [0.15, 0.2) is 20.0 Å². The summed E-state index contributed by atoms with van der Waals surface area (Å²) in [5.41, 5.74) is 0. The monoisotopic (exact) mass is 338 g/mol. The molecule has 2 heterocycles. The van der Waals surface area contributed by atoms with Crippen molar-refractivity contribution in [3.63, 3.8) is 0 Å². The van der Waals surface area contributed by atoms with Crippen LogP contribution in [0.25, 0.3) is 0 Å². The van der Waals surface area contributed by atoms with E-state index in [4.69, 9.17) is 9.52 Å². The Bertz CT molecular complexity index is 508. The van der Waals surface area contributed by atoms with Gasteiger partial charge in [0.05, 0.1) is 0 Å². The summed E-state index contributed by atoms with van der Waals surface area (Å²) in [5.74, 6) is 0.209. The van der Waals surface area contributed by atoms with Crippen molar-refractivity contribution >= 4 is 26.0 Å². The molecule has 1 saturated heterocycles. The smallest absolute Gasteiger partial charge is 0.257 e. The van der Waals surface area contributed by atoms with Gasteiger partial charge in [0.25, 0.3) is 10.0 Å². The number of nitrogens with zero attached hydrogens (tertiary/aromatic N) is 1. The third-order valence-corrected chi connectivity index (χ3v) is 4.99. The molecule has 1 aromatic rings. The molecule has 1 fully saturated rings. The van der Waals surface area contributed by atoms with E-state index in [2.05, 4.69) is 20.8 Å². The van der Waals surface area contributed by atoms with Crippen LogP contribution in [-0.4, -0.2) is 31.6 Å². The highest BCUT2D eigenvalue weighted by Gasteiger charge is 2.25. The van der Waals surface area contributed by atoms with Gasteiger partial charge in [0.15, 0.2) is 4.67 Å². The molecular formula is C10H15BrN2O4S. The number of sulfonamides is 1. The molecule has 2 rings (SSSR count). The molecule has 0 unspecified atom stereocenters. The van der Waals surface area contributed by atoms with Crippen LogP contribution < -0.4 is 4.83 Å². The van der Waals surface area contributed by atoms with Crippen LogP contribution >= 0.6 is 15.9 Å². The normalized spacial score (nSPS) is 18.1. The molecular weight excluding hydrogens is 324 g/mol. The zero-order chi connectivity index (χ0) is 13.2. The quantitative estimate of drug-likeness (QED) is 0.862. The van der Waals surface area contributed by atoms with E-state index in [1.54, 1.807) is 5.01 Å². The first-order chi connectivity index (χ1) is 8.53. The van der Waals surface area contributed by atoms with Crippen LogP contribution in [0, 0.1) is 0 Å². The minimum Gasteiger partial charge on any atom is -0.450 e. The molecule has 0 bridgehead atoms. The predicted octanol–water partition coefficient (Wildman–Crippen LogP) is 1.21. The Hall–Kier alpha value is -0.410. The average molecular weight is 339 g/mol. The number of aliphatic hydroxyl groups excluding tert-OH is 1. The number of aliphatic hydroxyl groups is 1. The van der Waals surface area contributed by atoms with E-state index >= 15 is 0 Å². The molecule has 0 aliphatic carbocycles. The van der Waals surface area contributed by atoms with E-state index in [0.717, 1.165) is 19.3 Å². The molecule has 102 valence electrons. The molecule has 2 N–H and O–H groups in total. The number of nitrogens with one attached hydrogen (secondary N) is 1. The van der Waals surface area contributed by atoms with Gasteiger partial charge in [-0.15, -0.1) is 4.83 Å². The van der Waals surface area contributed by atoms with Crippen molar-refractivity contribution in [2.75, 3.05) is 13.1 Å². The summed E-state index contributed by atoms with van der Waals surface area (Å²) >= 11 is 3.04. The summed E-state index contributed by atoms with van der Waals surface area (Å²) in [7, 11) is -3.66. The van der Waals surface area contributed by atoms with Gasteiger partial charge in [0.2, 0.25) is 0 Å². The first-order valence-electron chi connectivity index (χ1n) is 5.69. The lowest BCUT2D eigenvalue weighted by Gasteiger charge is -2.26. The fourth-order valence-electron chi connectivity index (χ4n) is 1.86. The van der Waals surface area contributed by atoms with Gasteiger partial charge in [0, 0.05) is 19.2 Å². The number of piperidine rings is 1. The molecule has 1 aliphatic rings. The maximum absolute atomic E-state index is 12.1. The Labute approximate surface area is 114 Å². The summed E-state index contributed by atoms with van der Waals surface area (Å²) in [6.07, 6.45) is 3.09. The number of halogens is 1. The topological polar surface area (TPSA) is 82.8 Å². The minimum absolute atomic E-state index is 0.0112. The minimum atomic E-state index is -3.66. The lowest BCUT2D eigenvalue weighted by atomic mass is 10.2. The molecule has 0 spiro atoms. The standard InChI is InChI=1S/C10H15BrN2O4S/c11-10-9(6-8(7-14)17-10)18(15,16)12-13-4-2-1-3-5-13/h6,12,14H,1-5,7H2. The SMILES string of the molecule is O=S(=O)(NN1CCCCC1)c1cc(CO)oc1Br. The van der Waals surface area contributed by atoms with Crippen molar-refractivity contribution in [2.24, 2.45) is 0 Å². The zero-order valence-electron chi connectivity index (χ0n) is 9.73. The summed E-state index contributed by atoms with van der Waals surface area (Å²) < 4.78 is 29.4. The van der Waals surface area contributed by atoms with Crippen molar-refractivity contribution in [2.45, 2.75) is 30.8 Å². The number of furan rings is 1. The Morgan fingerprint density at radius 3 is 2.61 bits per heavy atom. The molecule has 0 atom stereocenters. The van der Waals surface area contributed by atoms with Gasteiger partial charge >= 0.3 is 0 Å². The average Bonchev–Trinajstić information content (AvgIpc) is 2.72. The van der Waals surface area contributed by atoms with E-state index in [0.29, 0.717) is 13.1 Å². The molecule has 0 saturated carbocycles. The van der Waals surface area contributed by atoms with Crippen molar-refractivity contribution in [3.05, 3.63) is 16.5 Å². The van der Waals surface area contributed by atoms with Crippen molar-refractivity contribution < 1.29 is 17.9 Å². The Morgan fingerprint density at radius 1 is 1.39 bits per heavy atom. The third-order valence-electron chi connectivity index (χ3n) is 2.76. The van der Waals surface area contributed by atoms with E-state index in [1.165, 1.54) is 6.07 Å². The van der Waals surface area contributed by atoms with Crippen molar-refractivity contribution in [1.82, 2.24) is 9.84 Å². The molecule has 0 radical (unpaired) electrons. The van der Waals surface area contributed by atoms with Crippen molar-refractivity contribution in [3.8, 4) is 0 Å². The second kappa shape index (κ2) is 5.70. The van der Waals surface area contributed by atoms with Crippen LogP contribution in [0.3, 0.4) is 0 Å². The molecule has 0 amide bonds. The zero-order valence-corrected chi connectivity index (χ0v) is 12.1. The first kappa shape index (κ1) is 14.0. The first-order valence-corrected chi connectivity index (χ1v) is 7.97. The Balaban J connectivity index is 2.16. The number of hydrogen-bond acceptors (Lipinski definition) is 5. The third kappa shape index (κ3) is 3.12. The van der Waals surface area contributed by atoms with Gasteiger partial charge < -0.3 is 9.52 Å². The summed E-state index contributed by atoms with van der Waals surface area (Å²) in [6.45, 7) is 1.08. The van der Waals surface area contributed by atoms with Crippen LogP contribution in [0.5, 0.6) is 0 Å². The highest BCUT2D eigenvalue weighted by atomic mass is 79.9. The summed E-state index contributed by atoms with van der Waals surface area (Å²) in [6, 6.07) is 1.32. The van der Waals surface area contributed by atoms with Gasteiger partial charge in [-0.3, -0.25) is 0 Å². The fraction of sp³-hybridized carbons (Fsp3) is 0.600. The lowest BCUT2D eigenvalue weighted by Crippen LogP contribution is -2.44. The summed E-state index contributed by atoms with van der Waals surface area (Å²) in [4.78, 5) is 2.53. The number of hydrogen-bond donors (Lipinski definition) is 2. The number of rotatable bonds is 4. The van der Waals surface area contributed by atoms with E-state index in [9.17, 15) is 8.42 Å². The molecule has 8 heteroatoms. The maximum atomic E-state index is 12.1. The molecule has 0 aromatic carbocycles. The second-order valence-corrected chi connectivity index (χ2v) is 6.50. The van der Waals surface area contributed by atoms with E-state index in [-0.39, 0.29) is 21.9 Å². The fourth-order valence-corrected chi connectivity index (χ4v) is 3.99. The van der Waals surface area contributed by atoms with Gasteiger partial charge in [-0.25, -0.2) is 13.4 Å². The highest BCUT2D eigenvalue weighted by Crippen LogP contribution is 2.26. The lowest BCUT2D eigenvalue weighted by molar-refractivity contribution is 0.200. The Kier molecular flexibility index (Phi) is 4.44. The van der Waals surface area contributed by atoms with Crippen LogP contribution in [0.1, 0.15) is 25.0 Å². The predicted molar refractivity (Wildman–Crippen MR) is 68.1 cm³/mol. The molecule has 1 aromatic heterocycles.